The molecule has 0 saturated carbocycles. The van der Waals surface area contributed by atoms with Crippen molar-refractivity contribution in [1.82, 2.24) is 15.0 Å². The normalized spacial score (nSPS) is 12.4. The number of nitrogens with one attached hydrogen (secondary N) is 1. The van der Waals surface area contributed by atoms with E-state index in [1.54, 1.807) is 25.8 Å². The van der Waals surface area contributed by atoms with Crippen molar-refractivity contribution < 1.29 is 13.7 Å². The lowest BCUT2D eigenvalue weighted by atomic mass is 10.0. The zero-order valence-corrected chi connectivity index (χ0v) is 15.9. The van der Waals surface area contributed by atoms with Crippen molar-refractivity contribution in [3.63, 3.8) is 0 Å². The smallest absolute Gasteiger partial charge is 0.142 e. The van der Waals surface area contributed by atoms with Crippen LogP contribution < -0.4 is 9.47 Å². The van der Waals surface area contributed by atoms with Crippen LogP contribution in [-0.4, -0.2) is 44.9 Å². The first-order chi connectivity index (χ1) is 13.1. The fourth-order valence-electron chi connectivity index (χ4n) is 2.94. The topological polar surface area (TPSA) is 77.1 Å². The van der Waals surface area contributed by atoms with Crippen molar-refractivity contribution in [2.75, 3.05) is 25.7 Å². The summed E-state index contributed by atoms with van der Waals surface area (Å²) in [5.74, 6) is 2.65. The number of nitrogens with zero attached hydrogens (tertiary/aromatic N) is 2. The van der Waals surface area contributed by atoms with Crippen LogP contribution in [0.3, 0.4) is 0 Å². The molecule has 138 valence electrons. The molecule has 0 fully saturated rings. The third-order valence-electron chi connectivity index (χ3n) is 4.31. The molecule has 0 aliphatic rings. The molecule has 0 aliphatic heterocycles. The lowest BCUT2D eigenvalue weighted by molar-refractivity contribution is 0.344. The molecule has 1 atom stereocenters. The third kappa shape index (κ3) is 3.64. The lowest BCUT2D eigenvalue weighted by Gasteiger charge is -2.12. The number of pyridine rings is 1. The number of imidazole rings is 1. The standard InChI is InChI=1S/C20H19N3O3S/c1-25-15-4-3-13-10-16(20-22-17-5-6-21-12-18(17)23-20)19(11-14(13)9-15)26-7-8-27(2)24/h3-6,9-12H,7-8H2,1-2H3,(H,22,23). The minimum atomic E-state index is -0.912. The molecule has 0 bridgehead atoms. The molecule has 6 nitrogen and oxygen atoms in total. The summed E-state index contributed by atoms with van der Waals surface area (Å²) in [5, 5.41) is 2.05. The number of rotatable bonds is 6. The van der Waals surface area contributed by atoms with E-state index in [1.165, 1.54) is 0 Å². The lowest BCUT2D eigenvalue weighted by Crippen LogP contribution is -2.07. The van der Waals surface area contributed by atoms with Crippen LogP contribution in [0.2, 0.25) is 0 Å². The summed E-state index contributed by atoms with van der Waals surface area (Å²) in [4.78, 5) is 12.1. The van der Waals surface area contributed by atoms with Crippen LogP contribution >= 0.6 is 0 Å². The van der Waals surface area contributed by atoms with E-state index >= 15 is 0 Å². The number of fused-ring (bicyclic) bond motifs is 2. The molecule has 7 heteroatoms. The average molecular weight is 381 g/mol. The fourth-order valence-corrected chi connectivity index (χ4v) is 3.26. The molecule has 0 aliphatic carbocycles. The van der Waals surface area contributed by atoms with Crippen LogP contribution in [0.15, 0.2) is 48.8 Å². The number of aromatic nitrogens is 3. The summed E-state index contributed by atoms with van der Waals surface area (Å²) in [6.45, 7) is 0.368. The van der Waals surface area contributed by atoms with Gasteiger partial charge in [0.25, 0.3) is 0 Å². The highest BCUT2D eigenvalue weighted by molar-refractivity contribution is 7.84. The number of aromatic amines is 1. The minimum absolute atomic E-state index is 0.368. The summed E-state index contributed by atoms with van der Waals surface area (Å²) in [6.07, 6.45) is 5.13. The number of ether oxygens (including phenoxy) is 2. The van der Waals surface area contributed by atoms with Crippen molar-refractivity contribution >= 4 is 32.6 Å². The van der Waals surface area contributed by atoms with Gasteiger partial charge in [-0.2, -0.15) is 0 Å². The summed E-state index contributed by atoms with van der Waals surface area (Å²) in [5.41, 5.74) is 2.56. The Morgan fingerprint density at radius 2 is 2.04 bits per heavy atom. The van der Waals surface area contributed by atoms with E-state index in [2.05, 4.69) is 15.0 Å². The van der Waals surface area contributed by atoms with Crippen LogP contribution in [0, 0.1) is 0 Å². The van der Waals surface area contributed by atoms with Gasteiger partial charge < -0.3 is 14.5 Å². The van der Waals surface area contributed by atoms with Gasteiger partial charge in [0.2, 0.25) is 0 Å². The second kappa shape index (κ2) is 7.36. The summed E-state index contributed by atoms with van der Waals surface area (Å²) < 4.78 is 22.7. The van der Waals surface area contributed by atoms with Crippen molar-refractivity contribution in [2.24, 2.45) is 0 Å². The van der Waals surface area contributed by atoms with Crippen molar-refractivity contribution in [3.05, 3.63) is 48.8 Å². The summed E-state index contributed by atoms with van der Waals surface area (Å²) in [7, 11) is 0.733. The molecule has 1 N–H and O–H groups in total. The highest BCUT2D eigenvalue weighted by Crippen LogP contribution is 2.35. The van der Waals surface area contributed by atoms with Gasteiger partial charge in [-0.25, -0.2) is 4.98 Å². The zero-order chi connectivity index (χ0) is 18.8. The molecular weight excluding hydrogens is 362 g/mol. The first-order valence-electron chi connectivity index (χ1n) is 8.49. The van der Waals surface area contributed by atoms with Gasteiger partial charge in [-0.15, -0.1) is 0 Å². The highest BCUT2D eigenvalue weighted by atomic mass is 32.2. The van der Waals surface area contributed by atoms with Gasteiger partial charge in [-0.1, -0.05) is 6.07 Å². The number of benzene rings is 2. The molecule has 0 radical (unpaired) electrons. The predicted octanol–water partition coefficient (Wildman–Crippen LogP) is 3.54. The largest absolute Gasteiger partial charge is 0.497 e. The second-order valence-electron chi connectivity index (χ2n) is 6.17. The van der Waals surface area contributed by atoms with Gasteiger partial charge >= 0.3 is 0 Å². The van der Waals surface area contributed by atoms with E-state index < -0.39 is 10.8 Å². The molecule has 0 spiro atoms. The van der Waals surface area contributed by atoms with E-state index in [9.17, 15) is 4.21 Å². The van der Waals surface area contributed by atoms with Gasteiger partial charge in [0, 0.05) is 23.3 Å². The van der Waals surface area contributed by atoms with Crippen molar-refractivity contribution in [2.45, 2.75) is 0 Å². The Balaban J connectivity index is 1.83. The van der Waals surface area contributed by atoms with Crippen LogP contribution in [0.25, 0.3) is 33.2 Å². The van der Waals surface area contributed by atoms with Crippen LogP contribution in [0.5, 0.6) is 11.5 Å². The molecular formula is C20H19N3O3S. The molecule has 2 heterocycles. The molecule has 2 aromatic carbocycles. The Morgan fingerprint density at radius 3 is 2.81 bits per heavy atom. The van der Waals surface area contributed by atoms with E-state index in [0.717, 1.165) is 33.1 Å². The summed E-state index contributed by atoms with van der Waals surface area (Å²) >= 11 is 0. The molecule has 0 saturated heterocycles. The predicted molar refractivity (Wildman–Crippen MR) is 108 cm³/mol. The highest BCUT2D eigenvalue weighted by Gasteiger charge is 2.14. The fraction of sp³-hybridized carbons (Fsp3) is 0.200. The monoisotopic (exact) mass is 381 g/mol. The van der Waals surface area contributed by atoms with Gasteiger partial charge in [-0.05, 0) is 41.1 Å². The van der Waals surface area contributed by atoms with Gasteiger partial charge in [-0.3, -0.25) is 9.19 Å². The van der Waals surface area contributed by atoms with Gasteiger partial charge in [0.15, 0.2) is 0 Å². The summed E-state index contributed by atoms with van der Waals surface area (Å²) in [6, 6.07) is 11.8. The molecule has 2 aromatic heterocycles. The number of hydrogen-bond acceptors (Lipinski definition) is 5. The first kappa shape index (κ1) is 17.5. The number of H-pyrrole nitrogens is 1. The van der Waals surface area contributed by atoms with Crippen LogP contribution in [0.4, 0.5) is 0 Å². The minimum Gasteiger partial charge on any atom is -0.497 e. The Morgan fingerprint density at radius 1 is 1.15 bits per heavy atom. The zero-order valence-electron chi connectivity index (χ0n) is 15.1. The molecule has 4 aromatic rings. The molecule has 0 amide bonds. The maximum Gasteiger partial charge on any atom is 0.142 e. The van der Waals surface area contributed by atoms with E-state index in [4.69, 9.17) is 9.47 Å². The van der Waals surface area contributed by atoms with Crippen molar-refractivity contribution in [1.29, 1.82) is 0 Å². The van der Waals surface area contributed by atoms with E-state index in [-0.39, 0.29) is 0 Å². The molecule has 27 heavy (non-hydrogen) atoms. The van der Waals surface area contributed by atoms with E-state index in [1.807, 2.05) is 36.4 Å². The average Bonchev–Trinajstić information content (AvgIpc) is 3.10. The second-order valence-corrected chi connectivity index (χ2v) is 7.72. The Labute approximate surface area is 159 Å². The first-order valence-corrected chi connectivity index (χ1v) is 10.2. The van der Waals surface area contributed by atoms with Crippen LogP contribution in [-0.2, 0) is 10.8 Å². The molecule has 1 unspecified atom stereocenters. The maximum atomic E-state index is 11.4. The van der Waals surface area contributed by atoms with Gasteiger partial charge in [0.1, 0.15) is 17.3 Å². The Hall–Kier alpha value is -2.93. The van der Waals surface area contributed by atoms with Crippen molar-refractivity contribution in [3.8, 4) is 22.9 Å². The van der Waals surface area contributed by atoms with Crippen LogP contribution in [0.1, 0.15) is 0 Å². The maximum absolute atomic E-state index is 11.4. The Bertz CT molecular complexity index is 1110. The Kier molecular flexibility index (Phi) is 4.77. The van der Waals surface area contributed by atoms with Gasteiger partial charge in [0.05, 0.1) is 42.3 Å². The van der Waals surface area contributed by atoms with E-state index in [0.29, 0.717) is 23.9 Å². The SMILES string of the molecule is COc1ccc2cc(-c3nc4ccncc4[nH]3)c(OCCS(C)=O)cc2c1. The number of methoxy groups -OCH3 is 1. The number of hydrogen-bond donors (Lipinski definition) is 1. The third-order valence-corrected chi connectivity index (χ3v) is 5.05. The quantitative estimate of drug-likeness (QED) is 0.553. The molecule has 4 rings (SSSR count).